The number of benzene rings is 2. The second-order valence-corrected chi connectivity index (χ2v) is 5.62. The van der Waals surface area contributed by atoms with Crippen LogP contribution in [0.3, 0.4) is 0 Å². The molecule has 1 N–H and O–H groups in total. The molecule has 2 aromatic rings. The highest BCUT2D eigenvalue weighted by atomic mass is 35.5. The van der Waals surface area contributed by atoms with Gasteiger partial charge in [-0.25, -0.2) is 0 Å². The van der Waals surface area contributed by atoms with E-state index in [0.717, 1.165) is 5.56 Å². The Morgan fingerprint density at radius 1 is 1.18 bits per heavy atom. The van der Waals surface area contributed by atoms with E-state index in [1.54, 1.807) is 36.4 Å². The minimum absolute atomic E-state index is 0.00988. The molecule has 0 saturated heterocycles. The molecule has 1 aliphatic rings. The maximum absolute atomic E-state index is 12.3. The number of anilines is 1. The van der Waals surface area contributed by atoms with Crippen molar-refractivity contribution in [3.05, 3.63) is 58.6 Å². The molecular formula is C17H14ClNO3. The lowest BCUT2D eigenvalue weighted by Gasteiger charge is -2.11. The summed E-state index contributed by atoms with van der Waals surface area (Å²) in [6, 6.07) is 12.1. The average Bonchev–Trinajstić information content (AvgIpc) is 2.91. The van der Waals surface area contributed by atoms with Gasteiger partial charge < -0.3 is 10.1 Å². The fraction of sp³-hybridized carbons (Fsp3) is 0.176. The first kappa shape index (κ1) is 14.6. The monoisotopic (exact) mass is 315 g/mol. The largest absolute Gasteiger partial charge is 0.480 e. The lowest BCUT2D eigenvalue weighted by atomic mass is 10.1. The van der Waals surface area contributed by atoms with Crippen molar-refractivity contribution in [2.75, 3.05) is 5.32 Å². The minimum atomic E-state index is -0.569. The van der Waals surface area contributed by atoms with Crippen molar-refractivity contribution < 1.29 is 14.3 Å². The van der Waals surface area contributed by atoms with Crippen LogP contribution in [0.1, 0.15) is 22.8 Å². The van der Waals surface area contributed by atoms with Crippen molar-refractivity contribution >= 4 is 29.0 Å². The Kier molecular flexibility index (Phi) is 3.86. The predicted octanol–water partition coefficient (Wildman–Crippen LogP) is 3.48. The third-order valence-electron chi connectivity index (χ3n) is 3.55. The maximum Gasteiger partial charge on any atom is 0.265 e. The molecule has 0 spiro atoms. The van der Waals surface area contributed by atoms with Crippen LogP contribution in [-0.2, 0) is 11.2 Å². The number of halogens is 1. The third-order valence-corrected chi connectivity index (χ3v) is 3.78. The van der Waals surface area contributed by atoms with E-state index < -0.39 is 6.10 Å². The molecule has 1 aliphatic heterocycles. The van der Waals surface area contributed by atoms with Gasteiger partial charge in [0, 0.05) is 22.7 Å². The van der Waals surface area contributed by atoms with Gasteiger partial charge in [0.25, 0.3) is 5.91 Å². The Morgan fingerprint density at radius 3 is 2.59 bits per heavy atom. The van der Waals surface area contributed by atoms with E-state index in [4.69, 9.17) is 16.3 Å². The Balaban J connectivity index is 1.67. The van der Waals surface area contributed by atoms with Gasteiger partial charge in [-0.1, -0.05) is 11.6 Å². The number of amides is 1. The molecule has 0 fully saturated rings. The fourth-order valence-electron chi connectivity index (χ4n) is 2.37. The molecular weight excluding hydrogens is 302 g/mol. The van der Waals surface area contributed by atoms with Crippen LogP contribution >= 0.6 is 11.6 Å². The summed E-state index contributed by atoms with van der Waals surface area (Å²) in [5.74, 6) is 0.462. The number of Topliss-reactive ketones (excluding diaryl/α,β-unsaturated/α-hetero) is 1. The second kappa shape index (κ2) is 5.81. The summed E-state index contributed by atoms with van der Waals surface area (Å²) in [4.78, 5) is 23.5. The SMILES string of the molecule is CC(=O)c1ccc(NC(=O)[C@@H]2Cc3cc(Cl)ccc3O2)cc1. The van der Waals surface area contributed by atoms with Gasteiger partial charge in [0.15, 0.2) is 11.9 Å². The lowest BCUT2D eigenvalue weighted by Crippen LogP contribution is -2.31. The van der Waals surface area contributed by atoms with Crippen LogP contribution in [0, 0.1) is 0 Å². The van der Waals surface area contributed by atoms with Crippen LogP contribution in [0.15, 0.2) is 42.5 Å². The number of fused-ring (bicyclic) bond motifs is 1. The van der Waals surface area contributed by atoms with Crippen LogP contribution in [0.25, 0.3) is 0 Å². The van der Waals surface area contributed by atoms with Gasteiger partial charge in [-0.05, 0) is 55.0 Å². The lowest BCUT2D eigenvalue weighted by molar-refractivity contribution is -0.122. The standard InChI is InChI=1S/C17H14ClNO3/c1-10(20)11-2-5-14(6-3-11)19-17(21)16-9-12-8-13(18)4-7-15(12)22-16/h2-8,16H,9H2,1H3,(H,19,21)/t16-/m0/s1. The topological polar surface area (TPSA) is 55.4 Å². The van der Waals surface area contributed by atoms with E-state index in [-0.39, 0.29) is 11.7 Å². The average molecular weight is 316 g/mol. The zero-order chi connectivity index (χ0) is 15.7. The molecule has 0 radical (unpaired) electrons. The zero-order valence-corrected chi connectivity index (χ0v) is 12.7. The molecule has 1 heterocycles. The van der Waals surface area contributed by atoms with Crippen LogP contribution in [-0.4, -0.2) is 17.8 Å². The molecule has 0 aliphatic carbocycles. The number of carbonyl (C=O) groups excluding carboxylic acids is 2. The van der Waals surface area contributed by atoms with Gasteiger partial charge in [-0.15, -0.1) is 0 Å². The first-order chi connectivity index (χ1) is 10.5. The van der Waals surface area contributed by atoms with E-state index >= 15 is 0 Å². The molecule has 22 heavy (non-hydrogen) atoms. The fourth-order valence-corrected chi connectivity index (χ4v) is 2.57. The van der Waals surface area contributed by atoms with Crippen molar-refractivity contribution in [3.8, 4) is 5.75 Å². The Labute approximate surface area is 133 Å². The predicted molar refractivity (Wildman–Crippen MR) is 84.6 cm³/mol. The van der Waals surface area contributed by atoms with Gasteiger partial charge in [-0.2, -0.15) is 0 Å². The number of rotatable bonds is 3. The third kappa shape index (κ3) is 2.97. The van der Waals surface area contributed by atoms with E-state index in [1.807, 2.05) is 6.07 Å². The molecule has 4 nitrogen and oxygen atoms in total. The van der Waals surface area contributed by atoms with Crippen LogP contribution < -0.4 is 10.1 Å². The summed E-state index contributed by atoms with van der Waals surface area (Å²) in [7, 11) is 0. The number of nitrogens with one attached hydrogen (secondary N) is 1. The maximum atomic E-state index is 12.3. The van der Waals surface area contributed by atoms with Gasteiger partial charge >= 0.3 is 0 Å². The second-order valence-electron chi connectivity index (χ2n) is 5.19. The molecule has 0 saturated carbocycles. The van der Waals surface area contributed by atoms with E-state index in [1.165, 1.54) is 6.92 Å². The van der Waals surface area contributed by atoms with Crippen molar-refractivity contribution in [2.24, 2.45) is 0 Å². The highest BCUT2D eigenvalue weighted by molar-refractivity contribution is 6.30. The number of hydrogen-bond acceptors (Lipinski definition) is 3. The molecule has 0 unspecified atom stereocenters. The number of carbonyl (C=O) groups is 2. The minimum Gasteiger partial charge on any atom is -0.480 e. The quantitative estimate of drug-likeness (QED) is 0.882. The Hall–Kier alpha value is -2.33. The molecule has 2 aromatic carbocycles. The van der Waals surface area contributed by atoms with Crippen molar-refractivity contribution in [1.82, 2.24) is 0 Å². The smallest absolute Gasteiger partial charge is 0.265 e. The summed E-state index contributed by atoms with van der Waals surface area (Å²) in [6.07, 6.45) is -0.0753. The van der Waals surface area contributed by atoms with Gasteiger partial charge in [-0.3, -0.25) is 9.59 Å². The zero-order valence-electron chi connectivity index (χ0n) is 11.9. The van der Waals surface area contributed by atoms with Crippen molar-refractivity contribution in [1.29, 1.82) is 0 Å². The van der Waals surface area contributed by atoms with Crippen molar-refractivity contribution in [3.63, 3.8) is 0 Å². The van der Waals surface area contributed by atoms with Crippen LogP contribution in [0.5, 0.6) is 5.75 Å². The van der Waals surface area contributed by atoms with E-state index in [9.17, 15) is 9.59 Å². The van der Waals surface area contributed by atoms with Gasteiger partial charge in [0.1, 0.15) is 5.75 Å². The summed E-state index contributed by atoms with van der Waals surface area (Å²) < 4.78 is 5.63. The van der Waals surface area contributed by atoms with Gasteiger partial charge in [0.2, 0.25) is 0 Å². The van der Waals surface area contributed by atoms with Crippen molar-refractivity contribution in [2.45, 2.75) is 19.4 Å². The molecule has 1 atom stereocenters. The number of ketones is 1. The number of ether oxygens (including phenoxy) is 1. The summed E-state index contributed by atoms with van der Waals surface area (Å²) in [6.45, 7) is 1.50. The van der Waals surface area contributed by atoms with E-state index in [0.29, 0.717) is 28.4 Å². The first-order valence-electron chi connectivity index (χ1n) is 6.90. The highest BCUT2D eigenvalue weighted by Crippen LogP contribution is 2.31. The Bertz CT molecular complexity index is 740. The molecule has 5 heteroatoms. The summed E-state index contributed by atoms with van der Waals surface area (Å²) in [5, 5.41) is 3.42. The van der Waals surface area contributed by atoms with Crippen LogP contribution in [0.4, 0.5) is 5.69 Å². The Morgan fingerprint density at radius 2 is 1.91 bits per heavy atom. The number of hydrogen-bond donors (Lipinski definition) is 1. The molecule has 3 rings (SSSR count). The van der Waals surface area contributed by atoms with E-state index in [2.05, 4.69) is 5.32 Å². The normalized spacial score (nSPS) is 15.8. The first-order valence-corrected chi connectivity index (χ1v) is 7.27. The highest BCUT2D eigenvalue weighted by Gasteiger charge is 2.29. The molecule has 0 aromatic heterocycles. The molecule has 112 valence electrons. The van der Waals surface area contributed by atoms with Gasteiger partial charge in [0.05, 0.1) is 0 Å². The molecule has 0 bridgehead atoms. The summed E-state index contributed by atoms with van der Waals surface area (Å²) >= 11 is 5.94. The van der Waals surface area contributed by atoms with Crippen LogP contribution in [0.2, 0.25) is 5.02 Å². The molecule has 1 amide bonds. The summed E-state index contributed by atoms with van der Waals surface area (Å²) in [5.41, 5.74) is 2.17.